The number of carbonyl (C=O) groups is 1. The number of hydrogen-bond acceptors (Lipinski definition) is 4. The van der Waals surface area contributed by atoms with Gasteiger partial charge in [0.2, 0.25) is 0 Å². The molecule has 1 N–H and O–H groups in total. The zero-order valence-corrected chi connectivity index (χ0v) is 10.00. The lowest BCUT2D eigenvalue weighted by Gasteiger charge is -2.09. The van der Waals surface area contributed by atoms with Crippen molar-refractivity contribution in [2.75, 3.05) is 19.0 Å². The summed E-state index contributed by atoms with van der Waals surface area (Å²) in [7, 11) is 1.49. The van der Waals surface area contributed by atoms with Gasteiger partial charge in [-0.1, -0.05) is 0 Å². The first-order chi connectivity index (χ1) is 8.58. The highest BCUT2D eigenvalue weighted by Gasteiger charge is 2.17. The van der Waals surface area contributed by atoms with E-state index in [9.17, 15) is 13.6 Å². The lowest BCUT2D eigenvalue weighted by Crippen LogP contribution is -2.15. The summed E-state index contributed by atoms with van der Waals surface area (Å²) in [5.74, 6) is -0.503. The lowest BCUT2D eigenvalue weighted by atomic mass is 10.3. The van der Waals surface area contributed by atoms with E-state index in [0.717, 1.165) is 0 Å². The Morgan fingerprint density at radius 1 is 1.28 bits per heavy atom. The molecule has 4 nitrogen and oxygen atoms in total. The fourth-order valence-corrected chi connectivity index (χ4v) is 1.20. The van der Waals surface area contributed by atoms with Crippen molar-refractivity contribution in [2.45, 2.75) is 6.92 Å². The van der Waals surface area contributed by atoms with Crippen LogP contribution < -0.4 is 10.1 Å². The summed E-state index contributed by atoms with van der Waals surface area (Å²) >= 11 is 0. The molecule has 0 aliphatic carbocycles. The molecule has 0 bridgehead atoms. The third-order valence-electron chi connectivity index (χ3n) is 2.03. The molecule has 1 aromatic carbocycles. The first kappa shape index (κ1) is 14.0. The third-order valence-corrected chi connectivity index (χ3v) is 2.03. The number of ether oxygens (including phenoxy) is 2. The molecular weight excluding hydrogens is 244 g/mol. The summed E-state index contributed by atoms with van der Waals surface area (Å²) in [6.45, 7) is 1.57. The molecule has 0 saturated carbocycles. The van der Waals surface area contributed by atoms with Gasteiger partial charge in [-0.25, -0.2) is 4.79 Å². The summed E-state index contributed by atoms with van der Waals surface area (Å²) in [5, 5.41) is 2.31. The van der Waals surface area contributed by atoms with E-state index in [4.69, 9.17) is 4.74 Å². The van der Waals surface area contributed by atoms with Gasteiger partial charge in [0.05, 0.1) is 13.7 Å². The molecule has 1 rings (SSSR count). The van der Waals surface area contributed by atoms with Gasteiger partial charge < -0.3 is 14.8 Å². The first-order valence-electron chi connectivity index (χ1n) is 5.22. The maximum absolute atomic E-state index is 12.6. The van der Waals surface area contributed by atoms with E-state index in [0.29, 0.717) is 11.4 Å². The Kier molecular flexibility index (Phi) is 5.10. The molecule has 6 heteroatoms. The molecule has 0 unspecified atom stereocenters. The standard InChI is InChI=1S/C12H13F2NO3/c1-3-18-12(16)10(11(13)14)15-8-4-6-9(17-2)7-5-8/h4-7,15H,3H2,1-2H3. The molecule has 18 heavy (non-hydrogen) atoms. The minimum Gasteiger partial charge on any atom is -0.497 e. The van der Waals surface area contributed by atoms with E-state index in [1.807, 2.05) is 0 Å². The Bertz CT molecular complexity index is 439. The van der Waals surface area contributed by atoms with Crippen LogP contribution in [0.2, 0.25) is 0 Å². The van der Waals surface area contributed by atoms with E-state index < -0.39 is 17.7 Å². The van der Waals surface area contributed by atoms with Crippen LogP contribution >= 0.6 is 0 Å². The van der Waals surface area contributed by atoms with Gasteiger partial charge in [0.25, 0.3) is 0 Å². The maximum atomic E-state index is 12.6. The maximum Gasteiger partial charge on any atom is 0.360 e. The van der Waals surface area contributed by atoms with Crippen LogP contribution in [0.15, 0.2) is 36.0 Å². The molecule has 0 radical (unpaired) electrons. The van der Waals surface area contributed by atoms with Gasteiger partial charge in [0.15, 0.2) is 5.70 Å². The number of methoxy groups -OCH3 is 1. The smallest absolute Gasteiger partial charge is 0.360 e. The van der Waals surface area contributed by atoms with E-state index in [2.05, 4.69) is 10.1 Å². The normalized spacial score (nSPS) is 9.56. The number of hydrogen-bond donors (Lipinski definition) is 1. The third kappa shape index (κ3) is 3.73. The van der Waals surface area contributed by atoms with E-state index in [-0.39, 0.29) is 6.61 Å². The van der Waals surface area contributed by atoms with Crippen molar-refractivity contribution >= 4 is 11.7 Å². The molecule has 0 aromatic heterocycles. The number of nitrogens with one attached hydrogen (secondary N) is 1. The Labute approximate surface area is 103 Å². The van der Waals surface area contributed by atoms with E-state index in [1.165, 1.54) is 19.2 Å². The Morgan fingerprint density at radius 3 is 2.33 bits per heavy atom. The van der Waals surface area contributed by atoms with Crippen molar-refractivity contribution in [2.24, 2.45) is 0 Å². The number of carbonyl (C=O) groups excluding carboxylic acids is 1. The van der Waals surface area contributed by atoms with Gasteiger partial charge in [-0.05, 0) is 31.2 Å². The molecule has 0 fully saturated rings. The van der Waals surface area contributed by atoms with Crippen LogP contribution in [0.25, 0.3) is 0 Å². The van der Waals surface area contributed by atoms with Crippen LogP contribution in [0, 0.1) is 0 Å². The second kappa shape index (κ2) is 6.58. The molecule has 0 saturated heterocycles. The monoisotopic (exact) mass is 257 g/mol. The molecule has 0 amide bonds. The molecule has 0 aliphatic heterocycles. The van der Waals surface area contributed by atoms with Crippen LogP contribution in [0.1, 0.15) is 6.92 Å². The van der Waals surface area contributed by atoms with Crippen molar-refractivity contribution in [3.8, 4) is 5.75 Å². The van der Waals surface area contributed by atoms with Crippen LogP contribution in [0.4, 0.5) is 14.5 Å². The second-order valence-corrected chi connectivity index (χ2v) is 3.21. The van der Waals surface area contributed by atoms with E-state index in [1.54, 1.807) is 19.1 Å². The quantitative estimate of drug-likeness (QED) is 0.651. The van der Waals surface area contributed by atoms with Crippen LogP contribution in [-0.4, -0.2) is 19.7 Å². The predicted molar refractivity (Wildman–Crippen MR) is 62.5 cm³/mol. The summed E-state index contributed by atoms with van der Waals surface area (Å²) in [6.07, 6.45) is -2.12. The number of anilines is 1. The Morgan fingerprint density at radius 2 is 1.89 bits per heavy atom. The van der Waals surface area contributed by atoms with E-state index >= 15 is 0 Å². The van der Waals surface area contributed by atoms with Crippen molar-refractivity contribution in [3.63, 3.8) is 0 Å². The summed E-state index contributed by atoms with van der Waals surface area (Å²) in [6, 6.07) is 6.20. The minimum atomic E-state index is -2.12. The fraction of sp³-hybridized carbons (Fsp3) is 0.250. The summed E-state index contributed by atoms with van der Waals surface area (Å²) in [4.78, 5) is 11.3. The van der Waals surface area contributed by atoms with Gasteiger partial charge in [-0.2, -0.15) is 8.78 Å². The second-order valence-electron chi connectivity index (χ2n) is 3.21. The SMILES string of the molecule is CCOC(=O)C(Nc1ccc(OC)cc1)=C(F)F. The van der Waals surface area contributed by atoms with Crippen LogP contribution in [0.5, 0.6) is 5.75 Å². The number of halogens is 2. The zero-order valence-electron chi connectivity index (χ0n) is 10.00. The van der Waals surface area contributed by atoms with Gasteiger partial charge in [-0.15, -0.1) is 0 Å². The first-order valence-corrected chi connectivity index (χ1v) is 5.22. The molecule has 1 aromatic rings. The average Bonchev–Trinajstić information content (AvgIpc) is 2.36. The highest BCUT2D eigenvalue weighted by molar-refractivity contribution is 5.92. The molecule has 0 heterocycles. The highest BCUT2D eigenvalue weighted by atomic mass is 19.3. The largest absolute Gasteiger partial charge is 0.497 e. The summed E-state index contributed by atoms with van der Waals surface area (Å²) < 4.78 is 34.6. The molecule has 0 atom stereocenters. The van der Waals surface area contributed by atoms with Crippen molar-refractivity contribution < 1.29 is 23.0 Å². The Balaban J connectivity index is 2.84. The minimum absolute atomic E-state index is 0.0277. The topological polar surface area (TPSA) is 47.6 Å². The predicted octanol–water partition coefficient (Wildman–Crippen LogP) is 2.78. The highest BCUT2D eigenvalue weighted by Crippen LogP contribution is 2.19. The number of benzene rings is 1. The van der Waals surface area contributed by atoms with Gasteiger partial charge in [-0.3, -0.25) is 0 Å². The Hall–Kier alpha value is -2.11. The van der Waals surface area contributed by atoms with Crippen LogP contribution in [0.3, 0.4) is 0 Å². The molecule has 98 valence electrons. The molecule has 0 aliphatic rings. The van der Waals surface area contributed by atoms with Crippen molar-refractivity contribution in [3.05, 3.63) is 36.0 Å². The zero-order chi connectivity index (χ0) is 13.5. The average molecular weight is 257 g/mol. The van der Waals surface area contributed by atoms with Crippen molar-refractivity contribution in [1.29, 1.82) is 0 Å². The number of rotatable bonds is 5. The van der Waals surface area contributed by atoms with Gasteiger partial charge in [0.1, 0.15) is 5.75 Å². The van der Waals surface area contributed by atoms with Crippen molar-refractivity contribution in [1.82, 2.24) is 0 Å². The lowest BCUT2D eigenvalue weighted by molar-refractivity contribution is -0.138. The van der Waals surface area contributed by atoms with Gasteiger partial charge >= 0.3 is 12.0 Å². The molecule has 0 spiro atoms. The fourth-order valence-electron chi connectivity index (χ4n) is 1.20. The van der Waals surface area contributed by atoms with Gasteiger partial charge in [0, 0.05) is 5.69 Å². The number of esters is 1. The summed E-state index contributed by atoms with van der Waals surface area (Å²) in [5.41, 5.74) is -0.520. The molecular formula is C12H13F2NO3. The van der Waals surface area contributed by atoms with Crippen LogP contribution in [-0.2, 0) is 9.53 Å².